The Morgan fingerprint density at radius 1 is 1.10 bits per heavy atom. The molecule has 156 valence electrons. The SMILES string of the molecule is CCNC(=O)C(CC)N(Cc1ccccc1Cl)C(=O)COc1ccc(C)c(C)c1. The van der Waals surface area contributed by atoms with Gasteiger partial charge in [-0.2, -0.15) is 0 Å². The van der Waals surface area contributed by atoms with Crippen molar-refractivity contribution in [1.82, 2.24) is 10.2 Å². The van der Waals surface area contributed by atoms with Gasteiger partial charge in [-0.15, -0.1) is 0 Å². The van der Waals surface area contributed by atoms with Gasteiger partial charge in [0.2, 0.25) is 5.91 Å². The van der Waals surface area contributed by atoms with Crippen molar-refractivity contribution < 1.29 is 14.3 Å². The number of nitrogens with one attached hydrogen (secondary N) is 1. The zero-order valence-corrected chi connectivity index (χ0v) is 18.3. The molecule has 0 saturated heterocycles. The average Bonchev–Trinajstić information content (AvgIpc) is 2.70. The van der Waals surface area contributed by atoms with Crippen LogP contribution < -0.4 is 10.1 Å². The molecule has 1 N–H and O–H groups in total. The minimum atomic E-state index is -0.595. The Bertz CT molecular complexity index is 854. The largest absolute Gasteiger partial charge is 0.484 e. The van der Waals surface area contributed by atoms with E-state index in [1.165, 1.54) is 0 Å². The van der Waals surface area contributed by atoms with Crippen LogP contribution in [0.4, 0.5) is 0 Å². The fraction of sp³-hybridized carbons (Fsp3) is 0.391. The second-order valence-electron chi connectivity index (χ2n) is 6.97. The number of amides is 2. The predicted molar refractivity (Wildman–Crippen MR) is 116 cm³/mol. The van der Waals surface area contributed by atoms with Crippen LogP contribution >= 0.6 is 11.6 Å². The normalized spacial score (nSPS) is 11.6. The second-order valence-corrected chi connectivity index (χ2v) is 7.37. The molecule has 2 aromatic rings. The van der Waals surface area contributed by atoms with E-state index in [4.69, 9.17) is 16.3 Å². The maximum absolute atomic E-state index is 13.1. The molecule has 0 aromatic heterocycles. The van der Waals surface area contributed by atoms with Gasteiger partial charge in [0.25, 0.3) is 5.91 Å². The molecule has 6 heteroatoms. The number of hydrogen-bond donors (Lipinski definition) is 1. The van der Waals surface area contributed by atoms with Crippen molar-refractivity contribution in [1.29, 1.82) is 0 Å². The van der Waals surface area contributed by atoms with Crippen LogP contribution in [0.15, 0.2) is 42.5 Å². The number of carbonyl (C=O) groups excluding carboxylic acids is 2. The van der Waals surface area contributed by atoms with E-state index in [0.29, 0.717) is 23.7 Å². The van der Waals surface area contributed by atoms with Gasteiger partial charge in [-0.3, -0.25) is 9.59 Å². The summed E-state index contributed by atoms with van der Waals surface area (Å²) in [6.45, 7) is 8.35. The predicted octanol–water partition coefficient (Wildman–Crippen LogP) is 4.28. The summed E-state index contributed by atoms with van der Waals surface area (Å²) < 4.78 is 5.73. The van der Waals surface area contributed by atoms with Crippen molar-refractivity contribution in [2.75, 3.05) is 13.2 Å². The van der Waals surface area contributed by atoms with E-state index in [1.807, 2.05) is 64.1 Å². The lowest BCUT2D eigenvalue weighted by molar-refractivity contribution is -0.142. The Morgan fingerprint density at radius 2 is 1.83 bits per heavy atom. The topological polar surface area (TPSA) is 58.6 Å². The summed E-state index contributed by atoms with van der Waals surface area (Å²) in [4.78, 5) is 27.2. The number of halogens is 1. The molecule has 2 rings (SSSR count). The molecule has 0 radical (unpaired) electrons. The van der Waals surface area contributed by atoms with E-state index < -0.39 is 6.04 Å². The van der Waals surface area contributed by atoms with Gasteiger partial charge in [-0.1, -0.05) is 42.8 Å². The first-order valence-corrected chi connectivity index (χ1v) is 10.3. The fourth-order valence-electron chi connectivity index (χ4n) is 3.05. The first-order valence-electron chi connectivity index (χ1n) is 9.88. The summed E-state index contributed by atoms with van der Waals surface area (Å²) >= 11 is 6.30. The number of likely N-dealkylation sites (N-methyl/N-ethyl adjacent to an activating group) is 1. The lowest BCUT2D eigenvalue weighted by atomic mass is 10.1. The van der Waals surface area contributed by atoms with E-state index in [2.05, 4.69) is 5.32 Å². The van der Waals surface area contributed by atoms with Crippen LogP contribution in [0.25, 0.3) is 0 Å². The standard InChI is InChI=1S/C23H29ClN2O3/c1-5-21(23(28)25-6-2)26(14-18-9-7-8-10-20(18)24)22(27)15-29-19-12-11-16(3)17(4)13-19/h7-13,21H,5-6,14-15H2,1-4H3,(H,25,28). The summed E-state index contributed by atoms with van der Waals surface area (Å²) in [6.07, 6.45) is 0.492. The number of rotatable bonds is 9. The van der Waals surface area contributed by atoms with Crippen molar-refractivity contribution in [3.05, 3.63) is 64.2 Å². The molecule has 0 spiro atoms. The van der Waals surface area contributed by atoms with Crippen LogP contribution in [0.2, 0.25) is 5.02 Å². The highest BCUT2D eigenvalue weighted by Crippen LogP contribution is 2.21. The molecule has 0 fully saturated rings. The van der Waals surface area contributed by atoms with Crippen molar-refractivity contribution >= 4 is 23.4 Å². The van der Waals surface area contributed by atoms with E-state index in [0.717, 1.165) is 16.7 Å². The molecule has 0 aliphatic rings. The molecule has 2 amide bonds. The summed E-state index contributed by atoms with van der Waals surface area (Å²) in [7, 11) is 0. The summed E-state index contributed by atoms with van der Waals surface area (Å²) in [5.74, 6) is 0.188. The van der Waals surface area contributed by atoms with Gasteiger partial charge in [-0.05, 0) is 62.1 Å². The smallest absolute Gasteiger partial charge is 0.261 e. The quantitative estimate of drug-likeness (QED) is 0.663. The van der Waals surface area contributed by atoms with E-state index in [1.54, 1.807) is 11.0 Å². The Hall–Kier alpha value is -2.53. The molecule has 1 atom stereocenters. The van der Waals surface area contributed by atoms with Gasteiger partial charge in [0.15, 0.2) is 6.61 Å². The highest BCUT2D eigenvalue weighted by molar-refractivity contribution is 6.31. The number of aryl methyl sites for hydroxylation is 2. The van der Waals surface area contributed by atoms with E-state index in [-0.39, 0.29) is 25.0 Å². The van der Waals surface area contributed by atoms with E-state index >= 15 is 0 Å². The first-order chi connectivity index (χ1) is 13.9. The third kappa shape index (κ3) is 6.23. The minimum Gasteiger partial charge on any atom is -0.484 e. The molecule has 0 bridgehead atoms. The molecule has 0 saturated carbocycles. The highest BCUT2D eigenvalue weighted by atomic mass is 35.5. The van der Waals surface area contributed by atoms with Crippen molar-refractivity contribution in [3.8, 4) is 5.75 Å². The molecule has 2 aromatic carbocycles. The Kier molecular flexibility index (Phi) is 8.52. The molecular weight excluding hydrogens is 388 g/mol. The Balaban J connectivity index is 2.22. The summed E-state index contributed by atoms with van der Waals surface area (Å²) in [5, 5.41) is 3.37. The molecule has 0 heterocycles. The lowest BCUT2D eigenvalue weighted by Gasteiger charge is -2.30. The fourth-order valence-corrected chi connectivity index (χ4v) is 3.25. The van der Waals surface area contributed by atoms with Crippen LogP contribution in [-0.4, -0.2) is 35.9 Å². The van der Waals surface area contributed by atoms with Crippen LogP contribution in [0.5, 0.6) is 5.75 Å². The molecule has 1 unspecified atom stereocenters. The first kappa shape index (κ1) is 22.8. The summed E-state index contributed by atoms with van der Waals surface area (Å²) in [6, 6.07) is 12.4. The number of nitrogens with zero attached hydrogens (tertiary/aromatic N) is 1. The van der Waals surface area contributed by atoms with Gasteiger partial charge in [0.1, 0.15) is 11.8 Å². The number of benzene rings is 2. The van der Waals surface area contributed by atoms with Crippen molar-refractivity contribution in [2.24, 2.45) is 0 Å². The highest BCUT2D eigenvalue weighted by Gasteiger charge is 2.29. The Morgan fingerprint density at radius 3 is 2.45 bits per heavy atom. The van der Waals surface area contributed by atoms with Gasteiger partial charge in [0, 0.05) is 18.1 Å². The van der Waals surface area contributed by atoms with Gasteiger partial charge in [-0.25, -0.2) is 0 Å². The third-order valence-electron chi connectivity index (χ3n) is 4.88. The van der Waals surface area contributed by atoms with Crippen LogP contribution in [0.3, 0.4) is 0 Å². The second kappa shape index (κ2) is 10.9. The van der Waals surface area contributed by atoms with Gasteiger partial charge in [0.05, 0.1) is 0 Å². The molecule has 29 heavy (non-hydrogen) atoms. The molecule has 0 aliphatic carbocycles. The Labute approximate surface area is 178 Å². The number of carbonyl (C=O) groups is 2. The van der Waals surface area contributed by atoms with Crippen molar-refractivity contribution in [2.45, 2.75) is 46.7 Å². The van der Waals surface area contributed by atoms with Crippen LogP contribution in [0, 0.1) is 13.8 Å². The maximum atomic E-state index is 13.1. The van der Waals surface area contributed by atoms with E-state index in [9.17, 15) is 9.59 Å². The number of ether oxygens (including phenoxy) is 1. The van der Waals surface area contributed by atoms with Crippen molar-refractivity contribution in [3.63, 3.8) is 0 Å². The monoisotopic (exact) mass is 416 g/mol. The number of hydrogen-bond acceptors (Lipinski definition) is 3. The zero-order chi connectivity index (χ0) is 21.4. The van der Waals surface area contributed by atoms with Gasteiger partial charge >= 0.3 is 0 Å². The zero-order valence-electron chi connectivity index (χ0n) is 17.5. The maximum Gasteiger partial charge on any atom is 0.261 e. The lowest BCUT2D eigenvalue weighted by Crippen LogP contribution is -2.50. The minimum absolute atomic E-state index is 0.150. The average molecular weight is 417 g/mol. The molecule has 0 aliphatic heterocycles. The van der Waals surface area contributed by atoms with Gasteiger partial charge < -0.3 is 15.0 Å². The summed E-state index contributed by atoms with van der Waals surface area (Å²) in [5.41, 5.74) is 3.04. The third-order valence-corrected chi connectivity index (χ3v) is 5.24. The van der Waals surface area contributed by atoms with Crippen LogP contribution in [-0.2, 0) is 16.1 Å². The molecule has 5 nitrogen and oxygen atoms in total. The van der Waals surface area contributed by atoms with Crippen LogP contribution in [0.1, 0.15) is 37.0 Å². The molecular formula is C23H29ClN2O3.